The lowest BCUT2D eigenvalue weighted by Gasteiger charge is -2.20. The topological polar surface area (TPSA) is 12.5 Å². The van der Waals surface area contributed by atoms with Gasteiger partial charge in [-0.05, 0) is 37.3 Å². The van der Waals surface area contributed by atoms with Crippen LogP contribution in [0.2, 0.25) is 0 Å². The van der Waals surface area contributed by atoms with Crippen molar-refractivity contribution in [2.75, 3.05) is 20.2 Å². The Morgan fingerprint density at radius 3 is 2.79 bits per heavy atom. The van der Waals surface area contributed by atoms with Crippen LogP contribution in [0.4, 0.5) is 0 Å². The highest BCUT2D eigenvalue weighted by Gasteiger charge is 2.23. The van der Waals surface area contributed by atoms with E-state index in [9.17, 15) is 0 Å². The molecule has 2 nitrogen and oxygen atoms in total. The lowest BCUT2D eigenvalue weighted by atomic mass is 9.88. The molecule has 0 radical (unpaired) electrons. The molecule has 1 aromatic heterocycles. The Hall–Kier alpha value is -0.380. The molecular formula is C16H25NOS. The summed E-state index contributed by atoms with van der Waals surface area (Å²) >= 11 is 2.05. The highest BCUT2D eigenvalue weighted by molar-refractivity contribution is 7.12. The Kier molecular flexibility index (Phi) is 4.57. The molecule has 106 valence electrons. The fourth-order valence-electron chi connectivity index (χ4n) is 3.44. The van der Waals surface area contributed by atoms with Gasteiger partial charge in [0.2, 0.25) is 0 Å². The average Bonchev–Trinajstić information content (AvgIpc) is 3.09. The van der Waals surface area contributed by atoms with Gasteiger partial charge in [0.1, 0.15) is 0 Å². The lowest BCUT2D eigenvalue weighted by Crippen LogP contribution is -2.21. The summed E-state index contributed by atoms with van der Waals surface area (Å²) < 4.78 is 5.44. The van der Waals surface area contributed by atoms with Crippen molar-refractivity contribution in [1.29, 1.82) is 0 Å². The van der Waals surface area contributed by atoms with Gasteiger partial charge in [-0.2, -0.15) is 0 Å². The molecule has 2 heterocycles. The van der Waals surface area contributed by atoms with Gasteiger partial charge in [-0.25, -0.2) is 0 Å². The van der Waals surface area contributed by atoms with Gasteiger partial charge >= 0.3 is 0 Å². The third kappa shape index (κ3) is 3.39. The van der Waals surface area contributed by atoms with E-state index < -0.39 is 0 Å². The van der Waals surface area contributed by atoms with E-state index in [1.165, 1.54) is 49.9 Å². The zero-order valence-corrected chi connectivity index (χ0v) is 12.8. The lowest BCUT2D eigenvalue weighted by molar-refractivity contribution is 0.107. The Morgan fingerprint density at radius 1 is 1.21 bits per heavy atom. The average molecular weight is 279 g/mol. The number of hydrogen-bond acceptors (Lipinski definition) is 3. The van der Waals surface area contributed by atoms with Crippen molar-refractivity contribution in [3.8, 4) is 0 Å². The van der Waals surface area contributed by atoms with Crippen LogP contribution in [0, 0.1) is 0 Å². The molecule has 2 aliphatic rings. The van der Waals surface area contributed by atoms with Crippen LogP contribution >= 0.6 is 11.3 Å². The summed E-state index contributed by atoms with van der Waals surface area (Å²) in [6.45, 7) is 3.42. The quantitative estimate of drug-likeness (QED) is 0.825. The minimum Gasteiger partial charge on any atom is -0.380 e. The fourth-order valence-corrected chi connectivity index (χ4v) is 4.66. The van der Waals surface area contributed by atoms with E-state index in [1.54, 1.807) is 4.88 Å². The van der Waals surface area contributed by atoms with Gasteiger partial charge in [0, 0.05) is 36.5 Å². The van der Waals surface area contributed by atoms with E-state index in [-0.39, 0.29) is 0 Å². The molecule has 0 bridgehead atoms. The summed E-state index contributed by atoms with van der Waals surface area (Å²) in [5.41, 5.74) is 0. The van der Waals surface area contributed by atoms with Crippen molar-refractivity contribution < 1.29 is 4.74 Å². The van der Waals surface area contributed by atoms with Crippen molar-refractivity contribution in [3.05, 3.63) is 21.9 Å². The molecule has 1 saturated carbocycles. The third-order valence-electron chi connectivity index (χ3n) is 4.63. The first kappa shape index (κ1) is 13.6. The van der Waals surface area contributed by atoms with E-state index in [0.29, 0.717) is 6.10 Å². The van der Waals surface area contributed by atoms with Crippen LogP contribution < -0.4 is 0 Å². The molecule has 1 atom stereocenters. The monoisotopic (exact) mass is 279 g/mol. The van der Waals surface area contributed by atoms with Gasteiger partial charge in [-0.15, -0.1) is 11.3 Å². The molecule has 1 aromatic rings. The van der Waals surface area contributed by atoms with Crippen molar-refractivity contribution in [2.24, 2.45) is 0 Å². The van der Waals surface area contributed by atoms with Crippen LogP contribution in [0.3, 0.4) is 0 Å². The highest BCUT2D eigenvalue weighted by atomic mass is 32.1. The van der Waals surface area contributed by atoms with Crippen LogP contribution in [0.1, 0.15) is 54.2 Å². The van der Waals surface area contributed by atoms with Gasteiger partial charge in [-0.1, -0.05) is 19.3 Å². The molecule has 0 spiro atoms. The number of rotatable bonds is 4. The van der Waals surface area contributed by atoms with Crippen LogP contribution in [-0.4, -0.2) is 31.2 Å². The summed E-state index contributed by atoms with van der Waals surface area (Å²) in [5, 5.41) is 0. The first-order valence-corrected chi connectivity index (χ1v) is 8.50. The Labute approximate surface area is 120 Å². The second-order valence-corrected chi connectivity index (χ2v) is 7.22. The van der Waals surface area contributed by atoms with Crippen molar-refractivity contribution >= 4 is 11.3 Å². The van der Waals surface area contributed by atoms with Crippen molar-refractivity contribution in [2.45, 2.75) is 57.1 Å². The first-order valence-electron chi connectivity index (χ1n) is 7.69. The van der Waals surface area contributed by atoms with Gasteiger partial charge in [0.25, 0.3) is 0 Å². The number of thiophene rings is 1. The molecule has 19 heavy (non-hydrogen) atoms. The maximum Gasteiger partial charge on any atom is 0.0710 e. The van der Waals surface area contributed by atoms with Crippen LogP contribution in [0.5, 0.6) is 0 Å². The zero-order valence-electron chi connectivity index (χ0n) is 11.9. The van der Waals surface area contributed by atoms with E-state index in [4.69, 9.17) is 4.74 Å². The third-order valence-corrected chi connectivity index (χ3v) is 5.86. The molecule has 3 heteroatoms. The highest BCUT2D eigenvalue weighted by Crippen LogP contribution is 2.36. The largest absolute Gasteiger partial charge is 0.380 e. The number of nitrogens with zero attached hydrogens (tertiary/aromatic N) is 1. The molecular weight excluding hydrogens is 254 g/mol. The molecule has 1 aliphatic heterocycles. The summed E-state index contributed by atoms with van der Waals surface area (Å²) in [6.07, 6.45) is 8.78. The van der Waals surface area contributed by atoms with Gasteiger partial charge < -0.3 is 4.74 Å². The summed E-state index contributed by atoms with van der Waals surface area (Å²) in [7, 11) is 1.83. The van der Waals surface area contributed by atoms with Crippen molar-refractivity contribution in [3.63, 3.8) is 0 Å². The predicted octanol–water partition coefficient (Wildman–Crippen LogP) is 4.02. The zero-order chi connectivity index (χ0) is 13.1. The maximum atomic E-state index is 5.44. The van der Waals surface area contributed by atoms with Gasteiger partial charge in [-0.3, -0.25) is 4.90 Å². The summed E-state index contributed by atoms with van der Waals surface area (Å²) in [6, 6.07) is 4.74. The number of ether oxygens (including phenoxy) is 1. The van der Waals surface area contributed by atoms with Crippen LogP contribution in [-0.2, 0) is 11.3 Å². The minimum atomic E-state index is 0.456. The second kappa shape index (κ2) is 6.38. The Balaban J connectivity index is 1.56. The Morgan fingerprint density at radius 2 is 2.05 bits per heavy atom. The summed E-state index contributed by atoms with van der Waals surface area (Å²) in [5.74, 6) is 0.859. The molecule has 1 aliphatic carbocycles. The summed E-state index contributed by atoms with van der Waals surface area (Å²) in [4.78, 5) is 5.71. The van der Waals surface area contributed by atoms with E-state index in [2.05, 4.69) is 28.4 Å². The van der Waals surface area contributed by atoms with Crippen molar-refractivity contribution in [1.82, 2.24) is 4.90 Å². The smallest absolute Gasteiger partial charge is 0.0710 e. The number of methoxy groups -OCH3 is 1. The normalized spacial score (nSPS) is 26.1. The van der Waals surface area contributed by atoms with Gasteiger partial charge in [0.15, 0.2) is 0 Å². The van der Waals surface area contributed by atoms with E-state index in [0.717, 1.165) is 19.0 Å². The van der Waals surface area contributed by atoms with Crippen LogP contribution in [0.25, 0.3) is 0 Å². The van der Waals surface area contributed by atoms with Gasteiger partial charge in [0.05, 0.1) is 6.10 Å². The molecule has 0 aromatic carbocycles. The second-order valence-electron chi connectivity index (χ2n) is 6.02. The SMILES string of the molecule is CO[C@H]1CCN(Cc2ccc(C3CCCCC3)s2)C1. The van der Waals surface area contributed by atoms with E-state index >= 15 is 0 Å². The first-order chi connectivity index (χ1) is 9.35. The standard InChI is InChI=1S/C16H25NOS/c1-18-14-9-10-17(11-14)12-15-7-8-16(19-15)13-5-3-2-4-6-13/h7-8,13-14H,2-6,9-12H2,1H3/t14-/m0/s1. The molecule has 0 N–H and O–H groups in total. The fraction of sp³-hybridized carbons (Fsp3) is 0.750. The predicted molar refractivity (Wildman–Crippen MR) is 80.8 cm³/mol. The molecule has 0 amide bonds. The van der Waals surface area contributed by atoms with Crippen LogP contribution in [0.15, 0.2) is 12.1 Å². The molecule has 0 unspecified atom stereocenters. The number of likely N-dealkylation sites (tertiary alicyclic amines) is 1. The Bertz CT molecular complexity index is 397. The van der Waals surface area contributed by atoms with E-state index in [1.807, 2.05) is 7.11 Å². The minimum absolute atomic E-state index is 0.456. The number of hydrogen-bond donors (Lipinski definition) is 0. The molecule has 1 saturated heterocycles. The molecule has 3 rings (SSSR count). The molecule has 2 fully saturated rings. The maximum absolute atomic E-state index is 5.44.